The van der Waals surface area contributed by atoms with Crippen LogP contribution in [0.25, 0.3) is 21.9 Å². The van der Waals surface area contributed by atoms with E-state index in [-0.39, 0.29) is 24.8 Å². The van der Waals surface area contributed by atoms with Crippen LogP contribution in [0.2, 0.25) is 0 Å². The molecule has 0 spiro atoms. The Hall–Kier alpha value is -4.36. The highest BCUT2D eigenvalue weighted by Crippen LogP contribution is 2.35. The van der Waals surface area contributed by atoms with E-state index >= 15 is 0 Å². The number of amides is 1. The molecule has 5 rings (SSSR count). The summed E-state index contributed by atoms with van der Waals surface area (Å²) in [6, 6.07) is 20.8. The van der Waals surface area contributed by atoms with Gasteiger partial charge < -0.3 is 24.8 Å². The minimum absolute atomic E-state index is 0.168. The fraction of sp³-hybridized carbons (Fsp3) is 0.233. The van der Waals surface area contributed by atoms with Gasteiger partial charge in [0.05, 0.1) is 6.54 Å². The third-order valence-electron chi connectivity index (χ3n) is 6.38. The molecule has 0 bridgehead atoms. The van der Waals surface area contributed by atoms with Gasteiger partial charge in [-0.2, -0.15) is 13.2 Å². The van der Waals surface area contributed by atoms with E-state index in [1.807, 2.05) is 79.7 Å². The summed E-state index contributed by atoms with van der Waals surface area (Å²) >= 11 is 3.54. The molecule has 1 aromatic heterocycles. The molecule has 0 saturated carbocycles. The average Bonchev–Trinajstić information content (AvgIpc) is 3.42. The van der Waals surface area contributed by atoms with Crippen molar-refractivity contribution in [2.24, 2.45) is 0 Å². The number of aliphatic carboxylic acids is 1. The Balaban J connectivity index is 0.000000541. The molecule has 3 aromatic carbocycles. The zero-order valence-electron chi connectivity index (χ0n) is 23.1. The molecule has 2 N–H and O–H groups in total. The van der Waals surface area contributed by atoms with Gasteiger partial charge in [0.15, 0.2) is 11.5 Å². The van der Waals surface area contributed by atoms with E-state index in [9.17, 15) is 22.8 Å². The number of halogens is 4. The number of nitrogens with one attached hydrogen (secondary N) is 1. The number of pyridine rings is 1. The normalized spacial score (nSPS) is 12.2. The van der Waals surface area contributed by atoms with E-state index in [1.165, 1.54) is 0 Å². The number of carboxylic acids is 1. The first-order chi connectivity index (χ1) is 20.4. The SMILES string of the molecule is CN(C)CCNC(=O)c1c(-c2ccccc2)c2cc(Br)ccc2c(=O)n1Cc1ccc2c(c1)OCO2.O=C(O)C(F)(F)F. The molecule has 1 aliphatic heterocycles. The molecule has 43 heavy (non-hydrogen) atoms. The van der Waals surface area contributed by atoms with Crippen LogP contribution in [-0.2, 0) is 11.3 Å². The van der Waals surface area contributed by atoms with Crippen LogP contribution >= 0.6 is 15.9 Å². The Morgan fingerprint density at radius 1 is 1.00 bits per heavy atom. The number of hydrogen-bond acceptors (Lipinski definition) is 6. The lowest BCUT2D eigenvalue weighted by molar-refractivity contribution is -0.192. The van der Waals surface area contributed by atoms with Gasteiger partial charge in [-0.05, 0) is 60.9 Å². The Morgan fingerprint density at radius 3 is 2.33 bits per heavy atom. The maximum Gasteiger partial charge on any atom is 0.490 e. The predicted octanol–water partition coefficient (Wildman–Crippen LogP) is 5.13. The van der Waals surface area contributed by atoms with Gasteiger partial charge >= 0.3 is 12.1 Å². The lowest BCUT2D eigenvalue weighted by Gasteiger charge is -2.20. The van der Waals surface area contributed by atoms with E-state index in [0.717, 1.165) is 26.5 Å². The van der Waals surface area contributed by atoms with E-state index in [1.54, 1.807) is 10.6 Å². The first-order valence-corrected chi connectivity index (χ1v) is 13.7. The molecule has 9 nitrogen and oxygen atoms in total. The van der Waals surface area contributed by atoms with Crippen molar-refractivity contribution < 1.29 is 37.3 Å². The number of aromatic nitrogens is 1. The van der Waals surface area contributed by atoms with Gasteiger partial charge in [-0.1, -0.05) is 52.3 Å². The van der Waals surface area contributed by atoms with Crippen LogP contribution < -0.4 is 20.3 Å². The van der Waals surface area contributed by atoms with Crippen molar-refractivity contribution >= 4 is 38.6 Å². The molecular weight excluding hydrogens is 635 g/mol. The first-order valence-electron chi connectivity index (χ1n) is 12.9. The zero-order valence-corrected chi connectivity index (χ0v) is 24.7. The van der Waals surface area contributed by atoms with Crippen LogP contribution in [-0.4, -0.2) is 66.6 Å². The molecule has 1 amide bonds. The van der Waals surface area contributed by atoms with Gasteiger partial charge in [-0.3, -0.25) is 14.2 Å². The maximum atomic E-state index is 13.9. The number of likely N-dealkylation sites (N-methyl/N-ethyl adjacent to an activating group) is 1. The summed E-state index contributed by atoms with van der Waals surface area (Å²) in [4.78, 5) is 38.5. The summed E-state index contributed by atoms with van der Waals surface area (Å²) in [6.45, 7) is 1.51. The second-order valence-corrected chi connectivity index (χ2v) is 10.6. The van der Waals surface area contributed by atoms with Gasteiger partial charge in [0.2, 0.25) is 6.79 Å². The number of alkyl halides is 3. The van der Waals surface area contributed by atoms with Crippen molar-refractivity contribution in [2.75, 3.05) is 34.0 Å². The highest BCUT2D eigenvalue weighted by Gasteiger charge is 2.38. The van der Waals surface area contributed by atoms with E-state index in [2.05, 4.69) is 21.2 Å². The van der Waals surface area contributed by atoms with Crippen molar-refractivity contribution in [1.82, 2.24) is 14.8 Å². The van der Waals surface area contributed by atoms with Gasteiger partial charge in [0, 0.05) is 28.5 Å². The number of carbonyl (C=O) groups excluding carboxylic acids is 1. The van der Waals surface area contributed by atoms with Crippen molar-refractivity contribution in [3.05, 3.63) is 92.8 Å². The van der Waals surface area contributed by atoms with Gasteiger partial charge in [-0.15, -0.1) is 0 Å². The molecule has 0 unspecified atom stereocenters. The van der Waals surface area contributed by atoms with E-state index in [4.69, 9.17) is 19.4 Å². The molecule has 1 aliphatic rings. The zero-order chi connectivity index (χ0) is 31.3. The Labute approximate surface area is 252 Å². The molecule has 0 saturated heterocycles. The molecule has 2 heterocycles. The second-order valence-electron chi connectivity index (χ2n) is 9.72. The third kappa shape index (κ3) is 7.54. The minimum atomic E-state index is -5.08. The highest BCUT2D eigenvalue weighted by molar-refractivity contribution is 9.10. The monoisotopic (exact) mass is 661 g/mol. The minimum Gasteiger partial charge on any atom is -0.475 e. The van der Waals surface area contributed by atoms with Crippen molar-refractivity contribution in [3.63, 3.8) is 0 Å². The Morgan fingerprint density at radius 2 is 1.67 bits per heavy atom. The fourth-order valence-electron chi connectivity index (χ4n) is 4.40. The maximum absolute atomic E-state index is 13.9. The molecule has 0 fully saturated rings. The summed E-state index contributed by atoms with van der Waals surface area (Å²) in [6.07, 6.45) is -5.08. The third-order valence-corrected chi connectivity index (χ3v) is 6.87. The van der Waals surface area contributed by atoms with Crippen molar-refractivity contribution in [3.8, 4) is 22.6 Å². The summed E-state index contributed by atoms with van der Waals surface area (Å²) in [5.74, 6) is -1.76. The number of carbonyl (C=O) groups is 2. The van der Waals surface area contributed by atoms with Crippen LogP contribution in [0.4, 0.5) is 13.2 Å². The quantitative estimate of drug-likeness (QED) is 0.283. The lowest BCUT2D eigenvalue weighted by atomic mass is 9.96. The van der Waals surface area contributed by atoms with Gasteiger partial charge in [-0.25, -0.2) is 4.79 Å². The fourth-order valence-corrected chi connectivity index (χ4v) is 4.76. The molecule has 0 radical (unpaired) electrons. The number of rotatable bonds is 7. The van der Waals surface area contributed by atoms with E-state index < -0.39 is 12.1 Å². The van der Waals surface area contributed by atoms with Crippen molar-refractivity contribution in [2.45, 2.75) is 12.7 Å². The highest BCUT2D eigenvalue weighted by atomic mass is 79.9. The molecule has 0 aliphatic carbocycles. The van der Waals surface area contributed by atoms with Crippen LogP contribution in [0.3, 0.4) is 0 Å². The number of carboxylic acid groups (broad SMARTS) is 1. The molecule has 13 heteroatoms. The van der Waals surface area contributed by atoms with Crippen LogP contribution in [0.1, 0.15) is 16.1 Å². The molecule has 226 valence electrons. The van der Waals surface area contributed by atoms with Gasteiger partial charge in [0.1, 0.15) is 5.69 Å². The number of benzene rings is 3. The number of nitrogens with zero attached hydrogens (tertiary/aromatic N) is 2. The molecule has 4 aromatic rings. The van der Waals surface area contributed by atoms with Crippen LogP contribution in [0, 0.1) is 0 Å². The lowest BCUT2D eigenvalue weighted by Crippen LogP contribution is -2.36. The molecule has 0 atom stereocenters. The summed E-state index contributed by atoms with van der Waals surface area (Å²) < 4.78 is 45.1. The largest absolute Gasteiger partial charge is 0.490 e. The smallest absolute Gasteiger partial charge is 0.475 e. The Kier molecular flexibility index (Phi) is 9.77. The Bertz CT molecular complexity index is 1710. The first kappa shape index (κ1) is 31.6. The second kappa shape index (κ2) is 13.3. The standard InChI is InChI=1S/C28H26BrN3O4.C2HF3O2/c1-31(2)13-12-30-27(33)26-25(19-6-4-3-5-7-19)22-15-20(29)9-10-21(22)28(34)32(26)16-18-8-11-23-24(14-18)36-17-35-23;3-2(4,5)1(6)7/h3-11,14-15H,12-13,16-17H2,1-2H3,(H,30,33);(H,6,7). The molecular formula is C30H27BrF3N3O6. The number of ether oxygens (including phenoxy) is 2. The van der Waals surface area contributed by atoms with Crippen LogP contribution in [0.5, 0.6) is 11.5 Å². The number of fused-ring (bicyclic) bond motifs is 2. The summed E-state index contributed by atoms with van der Waals surface area (Å²) in [7, 11) is 3.90. The van der Waals surface area contributed by atoms with Crippen molar-refractivity contribution in [1.29, 1.82) is 0 Å². The van der Waals surface area contributed by atoms with Gasteiger partial charge in [0.25, 0.3) is 11.5 Å². The number of hydrogen-bond donors (Lipinski definition) is 2. The average molecular weight is 662 g/mol. The summed E-state index contributed by atoms with van der Waals surface area (Å²) in [5.41, 5.74) is 2.51. The van der Waals surface area contributed by atoms with Crippen LogP contribution in [0.15, 0.2) is 76.0 Å². The summed E-state index contributed by atoms with van der Waals surface area (Å²) in [5, 5.41) is 11.4. The van der Waals surface area contributed by atoms with E-state index in [0.29, 0.717) is 35.7 Å². The topological polar surface area (TPSA) is 110 Å². The predicted molar refractivity (Wildman–Crippen MR) is 158 cm³/mol.